The average molecular weight is 288 g/mol. The van der Waals surface area contributed by atoms with Gasteiger partial charge in [-0.25, -0.2) is 13.1 Å². The van der Waals surface area contributed by atoms with Gasteiger partial charge in [0.25, 0.3) is 0 Å². The summed E-state index contributed by atoms with van der Waals surface area (Å²) in [5, 5.41) is 1.47. The summed E-state index contributed by atoms with van der Waals surface area (Å²) in [6.45, 7) is 2.03. The van der Waals surface area contributed by atoms with Gasteiger partial charge in [0, 0.05) is 24.0 Å². The van der Waals surface area contributed by atoms with Crippen LogP contribution in [0.3, 0.4) is 0 Å². The molecule has 0 amide bonds. The molecule has 0 radical (unpaired) electrons. The normalized spacial score (nSPS) is 11.1. The monoisotopic (exact) mass is 288 g/mol. The minimum absolute atomic E-state index is 0.263. The first-order valence-corrected chi connectivity index (χ1v) is 7.70. The summed E-state index contributed by atoms with van der Waals surface area (Å²) in [4.78, 5) is 0.263. The van der Waals surface area contributed by atoms with Crippen molar-refractivity contribution in [2.24, 2.45) is 0 Å². The Morgan fingerprint density at radius 3 is 2.80 bits per heavy atom. The van der Waals surface area contributed by atoms with E-state index in [2.05, 4.69) is 16.6 Å². The second-order valence-electron chi connectivity index (χ2n) is 4.31. The standard InChI is InChI=1S/C15H16N2O2S/c1-2-3-4-10-17-20(18,19)15-7-5-6-12-11-13(16)8-9-14(12)15/h5-9,11,17H,4,10,16H2,1H3. The van der Waals surface area contributed by atoms with Gasteiger partial charge in [-0.15, -0.1) is 11.8 Å². The molecule has 0 saturated carbocycles. The number of anilines is 1. The third-order valence-corrected chi connectivity index (χ3v) is 4.39. The van der Waals surface area contributed by atoms with Crippen LogP contribution in [0.25, 0.3) is 10.8 Å². The van der Waals surface area contributed by atoms with E-state index < -0.39 is 10.0 Å². The van der Waals surface area contributed by atoms with E-state index in [1.807, 2.05) is 6.07 Å². The van der Waals surface area contributed by atoms with Crippen LogP contribution >= 0.6 is 0 Å². The Morgan fingerprint density at radius 2 is 2.05 bits per heavy atom. The molecule has 20 heavy (non-hydrogen) atoms. The van der Waals surface area contributed by atoms with Crippen LogP contribution in [-0.4, -0.2) is 15.0 Å². The largest absolute Gasteiger partial charge is 0.399 e. The lowest BCUT2D eigenvalue weighted by atomic mass is 10.1. The Balaban J connectivity index is 2.38. The molecule has 0 saturated heterocycles. The summed E-state index contributed by atoms with van der Waals surface area (Å²) in [5.74, 6) is 5.55. The van der Waals surface area contributed by atoms with Crippen LogP contribution in [-0.2, 0) is 10.0 Å². The van der Waals surface area contributed by atoms with E-state index in [4.69, 9.17) is 5.73 Å². The van der Waals surface area contributed by atoms with Gasteiger partial charge in [0.1, 0.15) is 0 Å². The molecule has 0 fully saturated rings. The van der Waals surface area contributed by atoms with Crippen LogP contribution in [0.1, 0.15) is 13.3 Å². The molecule has 2 aromatic rings. The summed E-state index contributed by atoms with van der Waals surface area (Å²) in [6.07, 6.45) is 0.493. The molecule has 0 bridgehead atoms. The third-order valence-electron chi connectivity index (χ3n) is 2.87. The van der Waals surface area contributed by atoms with Gasteiger partial charge in [0.05, 0.1) is 4.90 Å². The number of benzene rings is 2. The smallest absolute Gasteiger partial charge is 0.241 e. The highest BCUT2D eigenvalue weighted by atomic mass is 32.2. The molecule has 3 N–H and O–H groups in total. The summed E-state index contributed by atoms with van der Waals surface area (Å²) in [5.41, 5.74) is 6.33. The highest BCUT2D eigenvalue weighted by Gasteiger charge is 2.16. The SMILES string of the molecule is CC#CCCNS(=O)(=O)c1cccc2cc(N)ccc12. The fourth-order valence-electron chi connectivity index (χ4n) is 1.96. The van der Waals surface area contributed by atoms with Gasteiger partial charge in [-0.1, -0.05) is 18.2 Å². The molecule has 4 nitrogen and oxygen atoms in total. The molecule has 0 aliphatic heterocycles. The van der Waals surface area contributed by atoms with Gasteiger partial charge in [0.15, 0.2) is 0 Å². The molecule has 2 rings (SSSR count). The molecule has 104 valence electrons. The molecule has 0 aromatic heterocycles. The Hall–Kier alpha value is -2.03. The zero-order chi connectivity index (χ0) is 14.6. The highest BCUT2D eigenvalue weighted by molar-refractivity contribution is 7.89. The van der Waals surface area contributed by atoms with Crippen molar-refractivity contribution in [1.82, 2.24) is 4.72 Å². The zero-order valence-electron chi connectivity index (χ0n) is 11.2. The van der Waals surface area contributed by atoms with Crippen LogP contribution in [0.4, 0.5) is 5.69 Å². The molecule has 0 aliphatic carbocycles. The van der Waals surface area contributed by atoms with Crippen LogP contribution in [0.2, 0.25) is 0 Å². The highest BCUT2D eigenvalue weighted by Crippen LogP contribution is 2.24. The zero-order valence-corrected chi connectivity index (χ0v) is 12.0. The van der Waals surface area contributed by atoms with E-state index in [9.17, 15) is 8.42 Å². The van der Waals surface area contributed by atoms with Gasteiger partial charge < -0.3 is 5.73 Å². The number of rotatable bonds is 4. The van der Waals surface area contributed by atoms with Crippen LogP contribution in [0.5, 0.6) is 0 Å². The first-order chi connectivity index (χ1) is 9.54. The quantitative estimate of drug-likeness (QED) is 0.514. The van der Waals surface area contributed by atoms with Gasteiger partial charge in [-0.2, -0.15) is 0 Å². The Labute approximate surface area is 119 Å². The van der Waals surface area contributed by atoms with Crippen molar-refractivity contribution >= 4 is 26.5 Å². The number of nitrogens with one attached hydrogen (secondary N) is 1. The second kappa shape index (κ2) is 5.95. The number of fused-ring (bicyclic) bond motifs is 1. The number of nitrogen functional groups attached to an aromatic ring is 1. The van der Waals surface area contributed by atoms with Crippen molar-refractivity contribution < 1.29 is 8.42 Å². The summed E-state index contributed by atoms with van der Waals surface area (Å²) in [6, 6.07) is 10.3. The molecule has 0 heterocycles. The summed E-state index contributed by atoms with van der Waals surface area (Å²) in [7, 11) is -3.54. The maximum absolute atomic E-state index is 12.3. The Bertz CT molecular complexity index is 786. The third kappa shape index (κ3) is 3.10. The van der Waals surface area contributed by atoms with E-state index in [-0.39, 0.29) is 4.90 Å². The van der Waals surface area contributed by atoms with E-state index in [0.29, 0.717) is 24.0 Å². The minimum Gasteiger partial charge on any atom is -0.399 e. The van der Waals surface area contributed by atoms with Crippen LogP contribution in [0.15, 0.2) is 41.3 Å². The molecule has 5 heteroatoms. The molecule has 0 aliphatic rings. The molecular weight excluding hydrogens is 272 g/mol. The first kappa shape index (κ1) is 14.4. The number of hydrogen-bond donors (Lipinski definition) is 2. The first-order valence-electron chi connectivity index (χ1n) is 6.22. The molecule has 0 unspecified atom stereocenters. The topological polar surface area (TPSA) is 72.2 Å². The molecular formula is C15H16N2O2S. The molecule has 0 spiro atoms. The lowest BCUT2D eigenvalue weighted by Crippen LogP contribution is -2.24. The average Bonchev–Trinajstić information content (AvgIpc) is 2.42. The predicted octanol–water partition coefficient (Wildman–Crippen LogP) is 2.11. The van der Waals surface area contributed by atoms with E-state index in [1.165, 1.54) is 0 Å². The molecule has 2 aromatic carbocycles. The van der Waals surface area contributed by atoms with Gasteiger partial charge in [0.2, 0.25) is 10.0 Å². The lowest BCUT2D eigenvalue weighted by molar-refractivity contribution is 0.583. The fraction of sp³-hybridized carbons (Fsp3) is 0.200. The Kier molecular flexibility index (Phi) is 4.28. The summed E-state index contributed by atoms with van der Waals surface area (Å²) >= 11 is 0. The maximum Gasteiger partial charge on any atom is 0.241 e. The van der Waals surface area contributed by atoms with Crippen LogP contribution < -0.4 is 10.5 Å². The van der Waals surface area contributed by atoms with Gasteiger partial charge >= 0.3 is 0 Å². The van der Waals surface area contributed by atoms with Crippen molar-refractivity contribution in [1.29, 1.82) is 0 Å². The van der Waals surface area contributed by atoms with Gasteiger partial charge in [-0.3, -0.25) is 0 Å². The molecule has 0 atom stereocenters. The van der Waals surface area contributed by atoms with Crippen molar-refractivity contribution in [2.75, 3.05) is 12.3 Å². The van der Waals surface area contributed by atoms with E-state index >= 15 is 0 Å². The lowest BCUT2D eigenvalue weighted by Gasteiger charge is -2.09. The van der Waals surface area contributed by atoms with Crippen molar-refractivity contribution in [3.63, 3.8) is 0 Å². The number of sulfonamides is 1. The number of hydrogen-bond acceptors (Lipinski definition) is 3. The Morgan fingerprint density at radius 1 is 1.25 bits per heavy atom. The van der Waals surface area contributed by atoms with Crippen molar-refractivity contribution in [3.05, 3.63) is 36.4 Å². The number of nitrogens with two attached hydrogens (primary N) is 1. The minimum atomic E-state index is -3.54. The van der Waals surface area contributed by atoms with Crippen molar-refractivity contribution in [3.8, 4) is 11.8 Å². The van der Waals surface area contributed by atoms with Crippen LogP contribution in [0, 0.1) is 11.8 Å². The maximum atomic E-state index is 12.3. The van der Waals surface area contributed by atoms with E-state index in [1.54, 1.807) is 37.3 Å². The second-order valence-corrected chi connectivity index (χ2v) is 6.05. The fourth-order valence-corrected chi connectivity index (χ4v) is 3.22. The van der Waals surface area contributed by atoms with Crippen molar-refractivity contribution in [2.45, 2.75) is 18.2 Å². The van der Waals surface area contributed by atoms with E-state index in [0.717, 1.165) is 5.39 Å². The summed E-state index contributed by atoms with van der Waals surface area (Å²) < 4.78 is 27.2. The predicted molar refractivity (Wildman–Crippen MR) is 81.6 cm³/mol. The van der Waals surface area contributed by atoms with Gasteiger partial charge in [-0.05, 0) is 30.5 Å².